The zero-order chi connectivity index (χ0) is 16.9. The van der Waals surface area contributed by atoms with Gasteiger partial charge in [-0.05, 0) is 36.8 Å². The van der Waals surface area contributed by atoms with Gasteiger partial charge >= 0.3 is 0 Å². The van der Waals surface area contributed by atoms with Crippen LogP contribution in [0, 0.1) is 11.3 Å². The number of halogens is 1. The monoisotopic (exact) mass is 331 g/mol. The fraction of sp³-hybridized carbons (Fsp3) is 0.611. The van der Waals surface area contributed by atoms with Crippen LogP contribution in [0.15, 0.2) is 24.5 Å². The summed E-state index contributed by atoms with van der Waals surface area (Å²) < 4.78 is 14.1. The molecule has 0 unspecified atom stereocenters. The van der Waals surface area contributed by atoms with Gasteiger partial charge in [-0.2, -0.15) is 0 Å². The molecule has 1 aromatic rings. The Balaban J connectivity index is 1.49. The van der Waals surface area contributed by atoms with Crippen molar-refractivity contribution < 1.29 is 14.0 Å². The molecule has 2 aliphatic heterocycles. The summed E-state index contributed by atoms with van der Waals surface area (Å²) in [5.74, 6) is -0.252. The molecule has 5 nitrogen and oxygen atoms in total. The summed E-state index contributed by atoms with van der Waals surface area (Å²) in [6.45, 7) is 4.08. The van der Waals surface area contributed by atoms with Crippen LogP contribution in [0.1, 0.15) is 31.7 Å². The zero-order valence-corrected chi connectivity index (χ0v) is 13.9. The van der Waals surface area contributed by atoms with Gasteiger partial charge in [-0.1, -0.05) is 13.0 Å². The van der Waals surface area contributed by atoms with Gasteiger partial charge in [0.2, 0.25) is 5.91 Å². The molecular formula is C18H22FN3O2. The third-order valence-electron chi connectivity index (χ3n) is 5.91. The normalized spacial score (nSPS) is 31.1. The minimum absolute atomic E-state index is 0.0650. The number of amides is 2. The Morgan fingerprint density at radius 3 is 2.88 bits per heavy atom. The molecule has 2 saturated heterocycles. The van der Waals surface area contributed by atoms with Crippen molar-refractivity contribution in [3.8, 4) is 0 Å². The lowest BCUT2D eigenvalue weighted by molar-refractivity contribution is -0.139. The molecule has 128 valence electrons. The lowest BCUT2D eigenvalue weighted by Crippen LogP contribution is -2.42. The Morgan fingerprint density at radius 2 is 2.21 bits per heavy atom. The average Bonchev–Trinajstić information content (AvgIpc) is 3.15. The Bertz CT molecular complexity index is 676. The second-order valence-corrected chi connectivity index (χ2v) is 7.55. The van der Waals surface area contributed by atoms with E-state index in [1.54, 1.807) is 17.3 Å². The molecular weight excluding hydrogens is 309 g/mol. The van der Waals surface area contributed by atoms with Gasteiger partial charge in [0.05, 0.1) is 5.41 Å². The first-order chi connectivity index (χ1) is 11.4. The molecule has 6 heteroatoms. The fourth-order valence-electron chi connectivity index (χ4n) is 4.15. The highest BCUT2D eigenvalue weighted by Crippen LogP contribution is 2.48. The summed E-state index contributed by atoms with van der Waals surface area (Å²) in [6, 6.07) is 3.82. The number of hydrogen-bond donors (Lipinski definition) is 0. The van der Waals surface area contributed by atoms with E-state index in [1.165, 1.54) is 0 Å². The lowest BCUT2D eigenvalue weighted by Gasteiger charge is -2.26. The van der Waals surface area contributed by atoms with Crippen molar-refractivity contribution in [3.63, 3.8) is 0 Å². The highest BCUT2D eigenvalue weighted by molar-refractivity contribution is 5.91. The Labute approximate surface area is 140 Å². The number of aromatic nitrogens is 1. The van der Waals surface area contributed by atoms with E-state index < -0.39 is 17.0 Å². The maximum absolute atomic E-state index is 14.1. The smallest absolute Gasteiger partial charge is 0.260 e. The first kappa shape index (κ1) is 15.5. The maximum Gasteiger partial charge on any atom is 0.260 e. The van der Waals surface area contributed by atoms with Crippen molar-refractivity contribution in [3.05, 3.63) is 30.1 Å². The van der Waals surface area contributed by atoms with Crippen LogP contribution < -0.4 is 0 Å². The number of nitrogens with zero attached hydrogens (tertiary/aromatic N) is 3. The summed E-state index contributed by atoms with van der Waals surface area (Å²) in [7, 11) is 0. The molecule has 0 aromatic carbocycles. The molecule has 4 rings (SSSR count). The number of likely N-dealkylation sites (tertiary alicyclic amines) is 2. The topological polar surface area (TPSA) is 53.5 Å². The van der Waals surface area contributed by atoms with E-state index in [2.05, 4.69) is 4.98 Å². The minimum Gasteiger partial charge on any atom is -0.339 e. The molecule has 1 saturated carbocycles. The molecule has 1 spiro atoms. The Kier molecular flexibility index (Phi) is 3.41. The van der Waals surface area contributed by atoms with Crippen molar-refractivity contribution in [2.45, 2.75) is 38.4 Å². The summed E-state index contributed by atoms with van der Waals surface area (Å²) in [6.07, 6.45) is 4.86. The number of pyridine rings is 1. The van der Waals surface area contributed by atoms with Crippen LogP contribution in [0.25, 0.3) is 0 Å². The molecule has 2 amide bonds. The molecule has 1 aromatic heterocycles. The van der Waals surface area contributed by atoms with E-state index in [0.717, 1.165) is 12.0 Å². The largest absolute Gasteiger partial charge is 0.339 e. The number of rotatable bonds is 3. The Morgan fingerprint density at radius 1 is 1.42 bits per heavy atom. The van der Waals surface area contributed by atoms with E-state index in [0.29, 0.717) is 39.0 Å². The highest BCUT2D eigenvalue weighted by atomic mass is 19.1. The average molecular weight is 331 g/mol. The van der Waals surface area contributed by atoms with Crippen LogP contribution in [-0.4, -0.2) is 51.9 Å². The summed E-state index contributed by atoms with van der Waals surface area (Å²) >= 11 is 0. The summed E-state index contributed by atoms with van der Waals surface area (Å²) in [4.78, 5) is 32.9. The fourth-order valence-corrected chi connectivity index (χ4v) is 4.15. The van der Waals surface area contributed by atoms with Gasteiger partial charge < -0.3 is 9.80 Å². The number of carbonyl (C=O) groups is 2. The molecule has 1 aliphatic carbocycles. The van der Waals surface area contributed by atoms with Crippen LogP contribution in [0.5, 0.6) is 0 Å². The first-order valence-electron chi connectivity index (χ1n) is 8.61. The third-order valence-corrected chi connectivity index (χ3v) is 5.91. The quantitative estimate of drug-likeness (QED) is 0.848. The van der Waals surface area contributed by atoms with Gasteiger partial charge in [-0.25, -0.2) is 4.39 Å². The molecule has 3 fully saturated rings. The third kappa shape index (κ3) is 2.31. The van der Waals surface area contributed by atoms with Crippen LogP contribution in [-0.2, 0) is 16.1 Å². The van der Waals surface area contributed by atoms with Gasteiger partial charge in [-0.3, -0.25) is 14.6 Å². The van der Waals surface area contributed by atoms with E-state index in [-0.39, 0.29) is 11.8 Å². The van der Waals surface area contributed by atoms with Gasteiger partial charge in [0, 0.05) is 38.6 Å². The second kappa shape index (κ2) is 5.26. The van der Waals surface area contributed by atoms with Crippen LogP contribution >= 0.6 is 0 Å². The van der Waals surface area contributed by atoms with Crippen LogP contribution in [0.4, 0.5) is 4.39 Å². The van der Waals surface area contributed by atoms with Crippen molar-refractivity contribution in [1.29, 1.82) is 0 Å². The van der Waals surface area contributed by atoms with E-state index in [4.69, 9.17) is 0 Å². The zero-order valence-electron chi connectivity index (χ0n) is 13.9. The van der Waals surface area contributed by atoms with Gasteiger partial charge in [0.15, 0.2) is 5.67 Å². The molecule has 0 bridgehead atoms. The maximum atomic E-state index is 14.1. The number of hydrogen-bond acceptors (Lipinski definition) is 3. The van der Waals surface area contributed by atoms with Crippen molar-refractivity contribution >= 4 is 11.8 Å². The van der Waals surface area contributed by atoms with E-state index in [1.807, 2.05) is 24.0 Å². The van der Waals surface area contributed by atoms with E-state index >= 15 is 0 Å². The molecule has 0 radical (unpaired) electrons. The molecule has 24 heavy (non-hydrogen) atoms. The van der Waals surface area contributed by atoms with Gasteiger partial charge in [0.1, 0.15) is 0 Å². The summed E-state index contributed by atoms with van der Waals surface area (Å²) in [5.41, 5.74) is -1.19. The minimum atomic E-state index is -1.65. The van der Waals surface area contributed by atoms with Crippen molar-refractivity contribution in [2.75, 3.05) is 19.6 Å². The lowest BCUT2D eigenvalue weighted by atomic mass is 9.78. The molecule has 0 N–H and O–H groups in total. The molecule has 3 aliphatic rings. The SMILES string of the molecule is C[C@@H]1CN(C(=O)C2(F)CC2)C[C@]12CCN(Cc1cccnc1)C2=O. The van der Waals surface area contributed by atoms with Gasteiger partial charge in [-0.15, -0.1) is 0 Å². The number of alkyl halides is 1. The van der Waals surface area contributed by atoms with Crippen molar-refractivity contribution in [2.24, 2.45) is 11.3 Å². The standard InChI is InChI=1S/C18H22FN3O2/c1-13-10-22(16(24)18(19)4-5-18)12-17(13)6-8-21(15(17)23)11-14-3-2-7-20-9-14/h2-3,7,9,13H,4-6,8,10-12H2,1H3/t13-,17-/m1/s1. The highest BCUT2D eigenvalue weighted by Gasteiger charge is 2.60. The number of carbonyl (C=O) groups excluding carboxylic acids is 2. The predicted octanol–water partition coefficient (Wildman–Crippen LogP) is 1.78. The molecule has 2 atom stereocenters. The first-order valence-corrected chi connectivity index (χ1v) is 8.61. The predicted molar refractivity (Wildman–Crippen MR) is 85.5 cm³/mol. The van der Waals surface area contributed by atoms with Crippen LogP contribution in [0.2, 0.25) is 0 Å². The van der Waals surface area contributed by atoms with E-state index in [9.17, 15) is 14.0 Å². The molecule has 3 heterocycles. The van der Waals surface area contributed by atoms with Crippen molar-refractivity contribution in [1.82, 2.24) is 14.8 Å². The van der Waals surface area contributed by atoms with Crippen LogP contribution in [0.3, 0.4) is 0 Å². The summed E-state index contributed by atoms with van der Waals surface area (Å²) in [5, 5.41) is 0. The van der Waals surface area contributed by atoms with Gasteiger partial charge in [0.25, 0.3) is 5.91 Å². The second-order valence-electron chi connectivity index (χ2n) is 7.55. The Hall–Kier alpha value is -1.98.